The van der Waals surface area contributed by atoms with Crippen LogP contribution in [0.15, 0.2) is 29.2 Å². The van der Waals surface area contributed by atoms with Crippen LogP contribution in [0.3, 0.4) is 0 Å². The molecular formula is C10H8ClNO2S. The first-order valence-corrected chi connectivity index (χ1v) is 6.28. The monoisotopic (exact) mass is 241 g/mol. The van der Waals surface area contributed by atoms with E-state index in [1.807, 2.05) is 0 Å². The maximum Gasteiger partial charge on any atom is 0.185 e. The highest BCUT2D eigenvalue weighted by Gasteiger charge is 2.10. The fraction of sp³-hybridized carbons (Fsp3) is 0.100. The lowest BCUT2D eigenvalue weighted by atomic mass is 10.2. The second kappa shape index (κ2) is 4.47. The molecule has 0 saturated carbocycles. The van der Waals surface area contributed by atoms with Gasteiger partial charge in [0.1, 0.15) is 11.0 Å². The summed E-state index contributed by atoms with van der Waals surface area (Å²) in [5.41, 5.74) is 0.515. The zero-order valence-electron chi connectivity index (χ0n) is 7.94. The van der Waals surface area contributed by atoms with E-state index in [0.717, 1.165) is 6.26 Å². The molecule has 0 amide bonds. The van der Waals surface area contributed by atoms with Gasteiger partial charge in [-0.15, -0.1) is 0 Å². The number of hydrogen-bond acceptors (Lipinski definition) is 3. The van der Waals surface area contributed by atoms with Gasteiger partial charge in [0.25, 0.3) is 0 Å². The van der Waals surface area contributed by atoms with E-state index >= 15 is 0 Å². The largest absolute Gasteiger partial charge is 0.223 e. The van der Waals surface area contributed by atoms with Crippen molar-refractivity contribution < 1.29 is 8.42 Å². The van der Waals surface area contributed by atoms with Crippen molar-refractivity contribution in [2.24, 2.45) is 0 Å². The molecule has 0 atom stereocenters. The molecule has 0 spiro atoms. The second-order valence-corrected chi connectivity index (χ2v) is 5.31. The van der Waals surface area contributed by atoms with E-state index in [9.17, 15) is 8.42 Å². The van der Waals surface area contributed by atoms with E-state index < -0.39 is 9.84 Å². The van der Waals surface area contributed by atoms with E-state index in [2.05, 4.69) is 0 Å². The van der Waals surface area contributed by atoms with Crippen LogP contribution < -0.4 is 0 Å². The Labute approximate surface area is 93.5 Å². The number of nitrogens with zero attached hydrogens (tertiary/aromatic N) is 1. The van der Waals surface area contributed by atoms with Gasteiger partial charge in [0.05, 0.1) is 0 Å². The van der Waals surface area contributed by atoms with Crippen molar-refractivity contribution in [1.29, 1.82) is 5.26 Å². The van der Waals surface area contributed by atoms with Crippen LogP contribution >= 0.6 is 11.6 Å². The molecule has 0 heterocycles. The third-order valence-electron chi connectivity index (χ3n) is 1.70. The predicted octanol–water partition coefficient (Wildman–Crippen LogP) is 2.25. The third kappa shape index (κ3) is 3.08. The van der Waals surface area contributed by atoms with Crippen LogP contribution in [-0.4, -0.2) is 14.7 Å². The molecule has 0 saturated heterocycles. The summed E-state index contributed by atoms with van der Waals surface area (Å²) in [4.78, 5) is -0.296. The summed E-state index contributed by atoms with van der Waals surface area (Å²) in [7, 11) is -3.49. The summed E-state index contributed by atoms with van der Waals surface area (Å²) in [6.07, 6.45) is 2.25. The molecule has 0 aliphatic heterocycles. The number of nitriles is 1. The van der Waals surface area contributed by atoms with Gasteiger partial charge in [-0.2, -0.15) is 5.26 Å². The molecule has 0 aromatic heterocycles. The van der Waals surface area contributed by atoms with Crippen molar-refractivity contribution in [2.45, 2.75) is 0 Å². The van der Waals surface area contributed by atoms with Gasteiger partial charge in [0, 0.05) is 11.3 Å². The molecule has 78 valence electrons. The Kier molecular flexibility index (Phi) is 3.51. The Bertz CT molecular complexity index is 541. The van der Waals surface area contributed by atoms with Crippen molar-refractivity contribution in [3.63, 3.8) is 0 Å². The molecule has 0 radical (unpaired) electrons. The number of benzene rings is 1. The van der Waals surface area contributed by atoms with E-state index in [0.29, 0.717) is 10.6 Å². The fourth-order valence-corrected chi connectivity index (χ4v) is 1.65. The molecule has 15 heavy (non-hydrogen) atoms. The molecule has 1 aromatic carbocycles. The maximum atomic E-state index is 11.1. The van der Waals surface area contributed by atoms with Gasteiger partial charge < -0.3 is 0 Å². The SMILES string of the molecule is CS(=O)(=O)/C(C#N)=C/c1ccccc1Cl. The van der Waals surface area contributed by atoms with Crippen LogP contribution in [-0.2, 0) is 9.84 Å². The first-order valence-electron chi connectivity index (χ1n) is 4.01. The van der Waals surface area contributed by atoms with E-state index in [-0.39, 0.29) is 4.91 Å². The molecule has 0 N–H and O–H groups in total. The minimum Gasteiger partial charge on any atom is -0.223 e. The van der Waals surface area contributed by atoms with Crippen LogP contribution in [0.2, 0.25) is 5.02 Å². The van der Waals surface area contributed by atoms with Crippen molar-refractivity contribution in [1.82, 2.24) is 0 Å². The molecule has 0 unspecified atom stereocenters. The molecule has 0 fully saturated rings. The predicted molar refractivity (Wildman–Crippen MR) is 59.9 cm³/mol. The molecule has 1 aromatic rings. The summed E-state index contributed by atoms with van der Waals surface area (Å²) in [6.45, 7) is 0. The Hall–Kier alpha value is -1.31. The Morgan fingerprint density at radius 3 is 2.53 bits per heavy atom. The summed E-state index contributed by atoms with van der Waals surface area (Å²) in [5, 5.41) is 9.08. The topological polar surface area (TPSA) is 57.9 Å². The first kappa shape index (κ1) is 11.8. The molecule has 5 heteroatoms. The van der Waals surface area contributed by atoms with Gasteiger partial charge in [-0.1, -0.05) is 29.8 Å². The smallest absolute Gasteiger partial charge is 0.185 e. The highest BCUT2D eigenvalue weighted by Crippen LogP contribution is 2.19. The lowest BCUT2D eigenvalue weighted by Crippen LogP contribution is -1.98. The van der Waals surface area contributed by atoms with Gasteiger partial charge in [-0.3, -0.25) is 0 Å². The molecule has 3 nitrogen and oxygen atoms in total. The van der Waals surface area contributed by atoms with Gasteiger partial charge in [-0.25, -0.2) is 8.42 Å². The molecular weight excluding hydrogens is 234 g/mol. The Morgan fingerprint density at radius 1 is 1.47 bits per heavy atom. The first-order chi connectivity index (χ1) is 6.95. The van der Waals surface area contributed by atoms with E-state index in [4.69, 9.17) is 16.9 Å². The number of allylic oxidation sites excluding steroid dienone is 1. The highest BCUT2D eigenvalue weighted by molar-refractivity contribution is 7.95. The van der Waals surface area contributed by atoms with Gasteiger partial charge in [0.15, 0.2) is 9.84 Å². The summed E-state index contributed by atoms with van der Waals surface area (Å²) in [6, 6.07) is 8.35. The average molecular weight is 242 g/mol. The second-order valence-electron chi connectivity index (χ2n) is 2.91. The molecule has 0 bridgehead atoms. The lowest BCUT2D eigenvalue weighted by Gasteiger charge is -1.98. The highest BCUT2D eigenvalue weighted by atomic mass is 35.5. The number of hydrogen-bond donors (Lipinski definition) is 0. The van der Waals surface area contributed by atoms with Crippen LogP contribution in [0.4, 0.5) is 0 Å². The zero-order valence-corrected chi connectivity index (χ0v) is 9.51. The number of halogens is 1. The average Bonchev–Trinajstić information content (AvgIpc) is 2.14. The van der Waals surface area contributed by atoms with Gasteiger partial charge in [0.2, 0.25) is 0 Å². The summed E-state index contributed by atoms with van der Waals surface area (Å²) in [5.74, 6) is 0. The van der Waals surface area contributed by atoms with Crippen molar-refractivity contribution >= 4 is 27.5 Å². The Morgan fingerprint density at radius 2 is 2.07 bits per heavy atom. The Balaban J connectivity index is 3.30. The summed E-state index contributed by atoms with van der Waals surface area (Å²) >= 11 is 5.83. The minimum atomic E-state index is -3.49. The van der Waals surface area contributed by atoms with E-state index in [1.165, 1.54) is 6.08 Å². The maximum absolute atomic E-state index is 11.1. The van der Waals surface area contributed by atoms with Crippen molar-refractivity contribution in [2.75, 3.05) is 6.26 Å². The summed E-state index contributed by atoms with van der Waals surface area (Å²) < 4.78 is 22.3. The van der Waals surface area contributed by atoms with Crippen LogP contribution in [0.1, 0.15) is 5.56 Å². The quantitative estimate of drug-likeness (QED) is 0.747. The van der Waals surface area contributed by atoms with Crippen LogP contribution in [0.5, 0.6) is 0 Å². The van der Waals surface area contributed by atoms with Crippen LogP contribution in [0, 0.1) is 11.3 Å². The molecule has 0 aliphatic carbocycles. The van der Waals surface area contributed by atoms with Gasteiger partial charge >= 0.3 is 0 Å². The number of sulfone groups is 1. The fourth-order valence-electron chi connectivity index (χ4n) is 0.956. The third-order valence-corrected chi connectivity index (χ3v) is 3.05. The van der Waals surface area contributed by atoms with Gasteiger partial charge in [-0.05, 0) is 17.7 Å². The van der Waals surface area contributed by atoms with Crippen LogP contribution in [0.25, 0.3) is 6.08 Å². The zero-order chi connectivity index (χ0) is 11.5. The normalized spacial score (nSPS) is 12.2. The lowest BCUT2D eigenvalue weighted by molar-refractivity contribution is 0.609. The standard InChI is InChI=1S/C10H8ClNO2S/c1-15(13,14)9(7-12)6-8-4-2-3-5-10(8)11/h2-6H,1H3/b9-6+. The van der Waals surface area contributed by atoms with Crippen molar-refractivity contribution in [3.8, 4) is 6.07 Å². The number of rotatable bonds is 2. The molecule has 1 rings (SSSR count). The molecule has 0 aliphatic rings. The van der Waals surface area contributed by atoms with Crippen molar-refractivity contribution in [3.05, 3.63) is 39.8 Å². The van der Waals surface area contributed by atoms with E-state index in [1.54, 1.807) is 30.3 Å². The minimum absolute atomic E-state index is 0.296.